The summed E-state index contributed by atoms with van der Waals surface area (Å²) in [5, 5.41) is 8.35. The van der Waals surface area contributed by atoms with Crippen molar-refractivity contribution in [1.29, 1.82) is 0 Å². The van der Waals surface area contributed by atoms with Crippen LogP contribution in [-0.2, 0) is 23.9 Å². The molecule has 1 unspecified atom stereocenters. The Balaban J connectivity index is 3.65. The van der Waals surface area contributed by atoms with Gasteiger partial charge in [-0.3, -0.25) is 9.59 Å². The third-order valence-electron chi connectivity index (χ3n) is 1.73. The smallest absolute Gasteiger partial charge is 0.330 e. The molecule has 0 aromatic heterocycles. The zero-order valence-corrected chi connectivity index (χ0v) is 9.68. The van der Waals surface area contributed by atoms with E-state index >= 15 is 0 Å². The topological polar surface area (TPSA) is 89.9 Å². The lowest BCUT2D eigenvalue weighted by Crippen LogP contribution is -2.21. The van der Waals surface area contributed by atoms with Crippen LogP contribution in [-0.4, -0.2) is 35.7 Å². The number of hydrogen-bond donors (Lipinski definition) is 1. The van der Waals surface area contributed by atoms with Crippen LogP contribution >= 0.6 is 0 Å². The fourth-order valence-electron chi connectivity index (χ4n) is 0.947. The second-order valence-corrected chi connectivity index (χ2v) is 3.38. The number of carbonyl (C=O) groups excluding carboxylic acids is 2. The Kier molecular flexibility index (Phi) is 7.41. The van der Waals surface area contributed by atoms with E-state index in [1.165, 1.54) is 0 Å². The minimum absolute atomic E-state index is 0.0361. The Hall–Kier alpha value is -1.85. The molecule has 1 N–H and O–H groups in total. The fourth-order valence-corrected chi connectivity index (χ4v) is 0.947. The molecule has 0 heterocycles. The zero-order chi connectivity index (χ0) is 13.3. The van der Waals surface area contributed by atoms with E-state index in [4.69, 9.17) is 14.6 Å². The minimum Gasteiger partial charge on any atom is -0.481 e. The molecule has 0 aromatic rings. The van der Waals surface area contributed by atoms with Crippen LogP contribution in [0.1, 0.15) is 26.2 Å². The average Bonchev–Trinajstić information content (AvgIpc) is 2.25. The molecule has 0 saturated heterocycles. The molecule has 1 atom stereocenters. The summed E-state index contributed by atoms with van der Waals surface area (Å²) in [4.78, 5) is 32.1. The molecule has 0 amide bonds. The van der Waals surface area contributed by atoms with Gasteiger partial charge in [0.1, 0.15) is 12.7 Å². The number of carbonyl (C=O) groups is 3. The van der Waals surface area contributed by atoms with E-state index < -0.39 is 24.0 Å². The first-order chi connectivity index (χ1) is 7.95. The van der Waals surface area contributed by atoms with Gasteiger partial charge in [0.25, 0.3) is 0 Å². The van der Waals surface area contributed by atoms with Crippen molar-refractivity contribution in [2.45, 2.75) is 32.3 Å². The first-order valence-electron chi connectivity index (χ1n) is 5.16. The molecule has 6 heteroatoms. The Bertz CT molecular complexity index is 296. The van der Waals surface area contributed by atoms with Crippen LogP contribution in [0.2, 0.25) is 0 Å². The van der Waals surface area contributed by atoms with Gasteiger partial charge >= 0.3 is 17.9 Å². The van der Waals surface area contributed by atoms with Gasteiger partial charge in [-0.1, -0.05) is 6.58 Å². The summed E-state index contributed by atoms with van der Waals surface area (Å²) in [5.74, 6) is -2.04. The highest BCUT2D eigenvalue weighted by Crippen LogP contribution is 2.00. The summed E-state index contributed by atoms with van der Waals surface area (Å²) in [6, 6.07) is 0. The normalized spacial score (nSPS) is 11.4. The molecule has 6 nitrogen and oxygen atoms in total. The molecule has 0 aliphatic rings. The van der Waals surface area contributed by atoms with E-state index in [1.54, 1.807) is 6.92 Å². The Morgan fingerprint density at radius 2 is 2.00 bits per heavy atom. The lowest BCUT2D eigenvalue weighted by Gasteiger charge is -2.11. The van der Waals surface area contributed by atoms with Gasteiger partial charge in [0, 0.05) is 18.9 Å². The number of rotatable bonds is 8. The summed E-state index contributed by atoms with van der Waals surface area (Å²) >= 11 is 0. The quantitative estimate of drug-likeness (QED) is 0.504. The second-order valence-electron chi connectivity index (χ2n) is 3.38. The number of aliphatic carboxylic acids is 1. The van der Waals surface area contributed by atoms with Crippen LogP contribution in [0.5, 0.6) is 0 Å². The SMILES string of the molecule is C=CC(=O)OC(C)COC(=O)CCCC(=O)O. The van der Waals surface area contributed by atoms with Gasteiger partial charge in [-0.05, 0) is 13.3 Å². The maximum Gasteiger partial charge on any atom is 0.330 e. The van der Waals surface area contributed by atoms with E-state index in [9.17, 15) is 14.4 Å². The number of esters is 2. The van der Waals surface area contributed by atoms with Gasteiger partial charge in [0.15, 0.2) is 0 Å². The van der Waals surface area contributed by atoms with Crippen LogP contribution in [0.3, 0.4) is 0 Å². The molecular weight excluding hydrogens is 228 g/mol. The molecule has 96 valence electrons. The highest BCUT2D eigenvalue weighted by molar-refractivity contribution is 5.81. The van der Waals surface area contributed by atoms with Crippen molar-refractivity contribution in [2.75, 3.05) is 6.61 Å². The number of carboxylic acids is 1. The van der Waals surface area contributed by atoms with Gasteiger partial charge < -0.3 is 14.6 Å². The highest BCUT2D eigenvalue weighted by Gasteiger charge is 2.10. The predicted molar refractivity (Wildman–Crippen MR) is 58.2 cm³/mol. The van der Waals surface area contributed by atoms with Gasteiger partial charge in [-0.15, -0.1) is 0 Å². The molecule has 0 saturated carbocycles. The Labute approximate surface area is 99.2 Å². The lowest BCUT2D eigenvalue weighted by molar-refractivity contribution is -0.154. The average molecular weight is 244 g/mol. The molecule has 0 aliphatic carbocycles. The van der Waals surface area contributed by atoms with Gasteiger partial charge in [-0.2, -0.15) is 0 Å². The summed E-state index contributed by atoms with van der Waals surface area (Å²) < 4.78 is 9.55. The van der Waals surface area contributed by atoms with Gasteiger partial charge in [0.05, 0.1) is 0 Å². The number of hydrogen-bond acceptors (Lipinski definition) is 5. The molecule has 0 radical (unpaired) electrons. The predicted octanol–water partition coefficient (Wildman–Crippen LogP) is 0.902. The monoisotopic (exact) mass is 244 g/mol. The van der Waals surface area contributed by atoms with Crippen LogP contribution < -0.4 is 0 Å². The molecule has 0 bridgehead atoms. The maximum absolute atomic E-state index is 11.1. The summed E-state index contributed by atoms with van der Waals surface area (Å²) in [6.07, 6.45) is 0.661. The van der Waals surface area contributed by atoms with Crippen LogP contribution in [0.4, 0.5) is 0 Å². The fraction of sp³-hybridized carbons (Fsp3) is 0.545. The summed E-state index contributed by atoms with van der Waals surface area (Å²) in [7, 11) is 0. The minimum atomic E-state index is -0.953. The molecular formula is C11H16O6. The van der Waals surface area contributed by atoms with Crippen molar-refractivity contribution in [3.8, 4) is 0 Å². The molecule has 17 heavy (non-hydrogen) atoms. The van der Waals surface area contributed by atoms with E-state index in [2.05, 4.69) is 6.58 Å². The Morgan fingerprint density at radius 1 is 1.35 bits per heavy atom. The first kappa shape index (κ1) is 15.2. The molecule has 0 aliphatic heterocycles. The lowest BCUT2D eigenvalue weighted by atomic mass is 10.2. The van der Waals surface area contributed by atoms with E-state index in [-0.39, 0.29) is 25.9 Å². The largest absolute Gasteiger partial charge is 0.481 e. The summed E-state index contributed by atoms with van der Waals surface area (Å²) in [6.45, 7) is 4.75. The van der Waals surface area contributed by atoms with Crippen molar-refractivity contribution in [3.63, 3.8) is 0 Å². The van der Waals surface area contributed by atoms with Gasteiger partial charge in [-0.25, -0.2) is 4.79 Å². The zero-order valence-electron chi connectivity index (χ0n) is 9.68. The second kappa shape index (κ2) is 8.32. The third-order valence-corrected chi connectivity index (χ3v) is 1.73. The van der Waals surface area contributed by atoms with Crippen LogP contribution in [0.25, 0.3) is 0 Å². The molecule has 0 rings (SSSR count). The molecule has 0 aromatic carbocycles. The van der Waals surface area contributed by atoms with E-state index in [1.807, 2.05) is 0 Å². The van der Waals surface area contributed by atoms with Crippen molar-refractivity contribution in [3.05, 3.63) is 12.7 Å². The highest BCUT2D eigenvalue weighted by atomic mass is 16.6. The first-order valence-corrected chi connectivity index (χ1v) is 5.16. The Morgan fingerprint density at radius 3 is 2.53 bits per heavy atom. The van der Waals surface area contributed by atoms with Crippen molar-refractivity contribution in [1.82, 2.24) is 0 Å². The maximum atomic E-state index is 11.1. The van der Waals surface area contributed by atoms with Gasteiger partial charge in [0.2, 0.25) is 0 Å². The molecule has 0 spiro atoms. The number of ether oxygens (including phenoxy) is 2. The van der Waals surface area contributed by atoms with Crippen LogP contribution in [0, 0.1) is 0 Å². The molecule has 0 fully saturated rings. The van der Waals surface area contributed by atoms with E-state index in [0.29, 0.717) is 0 Å². The summed E-state index contributed by atoms with van der Waals surface area (Å²) in [5.41, 5.74) is 0. The van der Waals surface area contributed by atoms with Crippen molar-refractivity contribution >= 4 is 17.9 Å². The van der Waals surface area contributed by atoms with Crippen molar-refractivity contribution < 1.29 is 29.0 Å². The van der Waals surface area contributed by atoms with Crippen molar-refractivity contribution in [2.24, 2.45) is 0 Å². The number of carboxylic acid groups (broad SMARTS) is 1. The standard InChI is InChI=1S/C11H16O6/c1-3-10(14)17-8(2)7-16-11(15)6-4-5-9(12)13/h3,8H,1,4-7H2,2H3,(H,12,13). The third kappa shape index (κ3) is 9.10. The van der Waals surface area contributed by atoms with E-state index in [0.717, 1.165) is 6.08 Å². The van der Waals surface area contributed by atoms with Crippen LogP contribution in [0.15, 0.2) is 12.7 Å².